The molecule has 2 amide bonds. The maximum Gasteiger partial charge on any atom is 0.242 e. The molecular formula is C38H47N5O6S. The second-order valence-corrected chi connectivity index (χ2v) is 13.4. The summed E-state index contributed by atoms with van der Waals surface area (Å²) < 4.78 is 17.2. The Kier molecular flexibility index (Phi) is 12.6. The number of amides is 2. The van der Waals surface area contributed by atoms with Crippen molar-refractivity contribution in [3.8, 4) is 28.4 Å². The lowest BCUT2D eigenvalue weighted by Crippen LogP contribution is -2.41. The summed E-state index contributed by atoms with van der Waals surface area (Å²) in [7, 11) is 4.69. The normalized spacial score (nSPS) is 14.1. The summed E-state index contributed by atoms with van der Waals surface area (Å²) in [4.78, 5) is 47.7. The van der Waals surface area contributed by atoms with Crippen LogP contribution in [-0.4, -0.2) is 67.7 Å². The van der Waals surface area contributed by atoms with Crippen LogP contribution in [0.3, 0.4) is 0 Å². The van der Waals surface area contributed by atoms with Gasteiger partial charge in [-0.15, -0.1) is 0 Å². The number of thioether (sulfide) groups is 1. The van der Waals surface area contributed by atoms with Gasteiger partial charge in [-0.2, -0.15) is 11.8 Å². The van der Waals surface area contributed by atoms with Crippen molar-refractivity contribution in [3.63, 3.8) is 0 Å². The quantitative estimate of drug-likeness (QED) is 0.107. The number of ether oxygens (including phenoxy) is 3. The van der Waals surface area contributed by atoms with E-state index < -0.39 is 12.1 Å². The van der Waals surface area contributed by atoms with Crippen LogP contribution in [0.5, 0.6) is 17.2 Å². The minimum Gasteiger partial charge on any atom is -0.493 e. The van der Waals surface area contributed by atoms with Crippen molar-refractivity contribution in [2.45, 2.75) is 64.0 Å². The molecule has 0 unspecified atom stereocenters. The number of nitrogens with zero attached hydrogens (tertiary/aromatic N) is 1. The number of fused-ring (bicyclic) bond motifs is 4. The summed E-state index contributed by atoms with van der Waals surface area (Å²) in [5.41, 5.74) is 5.14. The first-order chi connectivity index (χ1) is 24.3. The summed E-state index contributed by atoms with van der Waals surface area (Å²) in [5, 5.41) is 9.37. The third-order valence-electron chi connectivity index (χ3n) is 9.00. The Morgan fingerprint density at radius 1 is 1.02 bits per heavy atom. The standard InChI is InChI=1S/C38H47N5O6S/c1-23(44)40-27-16-14-24-21-33(47-2)36(48-3)37(49-4)35(24)25-15-17-30(32(45)22-26(25)27)41-31(18-20-50-5)38(46)39-19-10-6-7-13-34-42-28-11-8-9-12-29(28)43-34/h8-9,11-12,15,17,21-22,27,31H,6-7,10,13-14,16,18-20H2,1-5H3,(H,39,46)(H,40,44)(H,41,45)(H,42,43)/t27-,31-/m0/s1. The summed E-state index contributed by atoms with van der Waals surface area (Å²) in [6.07, 6.45) is 7.28. The highest BCUT2D eigenvalue weighted by molar-refractivity contribution is 7.98. The molecule has 0 radical (unpaired) electrons. The van der Waals surface area contributed by atoms with Gasteiger partial charge >= 0.3 is 0 Å². The molecule has 5 rings (SSSR count). The highest BCUT2D eigenvalue weighted by Crippen LogP contribution is 2.50. The predicted molar refractivity (Wildman–Crippen MR) is 200 cm³/mol. The molecule has 4 N–H and O–H groups in total. The zero-order valence-corrected chi connectivity index (χ0v) is 30.3. The average molecular weight is 702 g/mol. The molecule has 0 fully saturated rings. The van der Waals surface area contributed by atoms with Crippen LogP contribution in [-0.2, 0) is 22.4 Å². The molecule has 12 heteroatoms. The van der Waals surface area contributed by atoms with Crippen molar-refractivity contribution in [1.82, 2.24) is 20.6 Å². The Labute approximate surface area is 297 Å². The number of nitrogens with one attached hydrogen (secondary N) is 4. The number of hydrogen-bond donors (Lipinski definition) is 4. The van der Waals surface area contributed by atoms with E-state index in [4.69, 9.17) is 14.2 Å². The topological polar surface area (TPSA) is 144 Å². The Hall–Kier alpha value is -4.71. The first kappa shape index (κ1) is 36.6. The largest absolute Gasteiger partial charge is 0.493 e. The van der Waals surface area contributed by atoms with Gasteiger partial charge in [0, 0.05) is 25.5 Å². The molecule has 50 heavy (non-hydrogen) atoms. The molecular weight excluding hydrogens is 655 g/mol. The molecule has 266 valence electrons. The van der Waals surface area contributed by atoms with Crippen LogP contribution in [0.2, 0.25) is 0 Å². The maximum atomic E-state index is 13.9. The molecule has 3 aromatic carbocycles. The fourth-order valence-electron chi connectivity index (χ4n) is 6.57. The van der Waals surface area contributed by atoms with Gasteiger partial charge in [0.1, 0.15) is 11.9 Å². The van der Waals surface area contributed by atoms with E-state index in [1.165, 1.54) is 6.92 Å². The van der Waals surface area contributed by atoms with E-state index in [1.807, 2.05) is 42.7 Å². The number of anilines is 1. The van der Waals surface area contributed by atoms with Gasteiger partial charge in [0.25, 0.3) is 0 Å². The zero-order valence-electron chi connectivity index (χ0n) is 29.4. The number of benzene rings is 2. The number of unbranched alkanes of at least 4 members (excludes halogenated alkanes) is 2. The molecule has 2 atom stereocenters. The third kappa shape index (κ3) is 8.53. The molecule has 0 bridgehead atoms. The van der Waals surface area contributed by atoms with Crippen LogP contribution in [0.4, 0.5) is 5.69 Å². The van der Waals surface area contributed by atoms with Gasteiger partial charge in [-0.05, 0) is 91.1 Å². The van der Waals surface area contributed by atoms with Crippen molar-refractivity contribution in [3.05, 3.63) is 75.7 Å². The molecule has 0 saturated heterocycles. The first-order valence-corrected chi connectivity index (χ1v) is 18.4. The second kappa shape index (κ2) is 17.3. The number of methoxy groups -OCH3 is 3. The van der Waals surface area contributed by atoms with Crippen LogP contribution in [0.15, 0.2) is 53.3 Å². The molecule has 1 heterocycles. The van der Waals surface area contributed by atoms with Gasteiger partial charge in [0.15, 0.2) is 11.5 Å². The number of rotatable bonds is 16. The number of imidazole rings is 1. The SMILES string of the molecule is COc1cc2c(c(OC)c1OC)-c1ccc(N[C@@H](CCSC)C(=O)NCCCCCc3nc4ccccc4[nH]3)c(=O)cc1[C@@H](NC(C)=O)CC2. The Morgan fingerprint density at radius 3 is 2.54 bits per heavy atom. The number of aryl methyl sites for hydroxylation is 2. The van der Waals surface area contributed by atoms with Crippen molar-refractivity contribution in [1.29, 1.82) is 0 Å². The number of hydrogen-bond acceptors (Lipinski definition) is 9. The fraction of sp³-hybridized carbons (Fsp3) is 0.421. The number of carbonyl (C=O) groups is 2. The Balaban J connectivity index is 1.35. The van der Waals surface area contributed by atoms with Crippen LogP contribution in [0, 0.1) is 0 Å². The second-order valence-electron chi connectivity index (χ2n) is 12.4. The number of para-hydroxylation sites is 2. The predicted octanol–water partition coefficient (Wildman–Crippen LogP) is 5.80. The Bertz CT molecular complexity index is 1850. The highest BCUT2D eigenvalue weighted by atomic mass is 32.2. The number of H-pyrrole nitrogens is 1. The van der Waals surface area contributed by atoms with E-state index in [2.05, 4.69) is 25.9 Å². The van der Waals surface area contributed by atoms with Gasteiger partial charge in [0.2, 0.25) is 23.0 Å². The molecule has 0 saturated carbocycles. The van der Waals surface area contributed by atoms with Gasteiger partial charge in [-0.3, -0.25) is 14.4 Å². The summed E-state index contributed by atoms with van der Waals surface area (Å²) >= 11 is 1.64. The summed E-state index contributed by atoms with van der Waals surface area (Å²) in [5.74, 6) is 2.82. The molecule has 4 aromatic rings. The molecule has 1 aromatic heterocycles. The fourth-order valence-corrected chi connectivity index (χ4v) is 7.04. The third-order valence-corrected chi connectivity index (χ3v) is 9.64. The minimum absolute atomic E-state index is 0.149. The lowest BCUT2D eigenvalue weighted by atomic mass is 9.95. The number of carbonyl (C=O) groups excluding carboxylic acids is 2. The lowest BCUT2D eigenvalue weighted by Gasteiger charge is -2.19. The van der Waals surface area contributed by atoms with Crippen LogP contribution < -0.4 is 35.6 Å². The number of aromatic nitrogens is 2. The molecule has 11 nitrogen and oxygen atoms in total. The van der Waals surface area contributed by atoms with Gasteiger partial charge in [-0.25, -0.2) is 4.98 Å². The zero-order chi connectivity index (χ0) is 35.6. The average Bonchev–Trinajstić information content (AvgIpc) is 3.39. The maximum absolute atomic E-state index is 13.9. The monoisotopic (exact) mass is 701 g/mol. The summed E-state index contributed by atoms with van der Waals surface area (Å²) in [6.45, 7) is 2.01. The van der Waals surface area contributed by atoms with Crippen molar-refractivity contribution in [2.75, 3.05) is 45.2 Å². The van der Waals surface area contributed by atoms with E-state index in [-0.39, 0.29) is 17.2 Å². The smallest absolute Gasteiger partial charge is 0.242 e. The lowest BCUT2D eigenvalue weighted by molar-refractivity contribution is -0.122. The molecule has 1 aliphatic rings. The van der Waals surface area contributed by atoms with E-state index in [0.29, 0.717) is 54.3 Å². The van der Waals surface area contributed by atoms with Crippen molar-refractivity contribution in [2.24, 2.45) is 0 Å². The van der Waals surface area contributed by atoms with Crippen LogP contribution in [0.1, 0.15) is 62.0 Å². The molecule has 1 aliphatic carbocycles. The molecule has 0 spiro atoms. The van der Waals surface area contributed by atoms with Gasteiger partial charge < -0.3 is 35.1 Å². The van der Waals surface area contributed by atoms with E-state index in [1.54, 1.807) is 45.2 Å². The van der Waals surface area contributed by atoms with Crippen LogP contribution >= 0.6 is 11.8 Å². The minimum atomic E-state index is -0.606. The van der Waals surface area contributed by atoms with E-state index in [0.717, 1.165) is 65.0 Å². The van der Waals surface area contributed by atoms with Crippen molar-refractivity contribution < 1.29 is 23.8 Å². The Morgan fingerprint density at radius 2 is 1.82 bits per heavy atom. The van der Waals surface area contributed by atoms with Crippen molar-refractivity contribution >= 4 is 40.3 Å². The van der Waals surface area contributed by atoms with E-state index in [9.17, 15) is 14.4 Å². The van der Waals surface area contributed by atoms with Gasteiger partial charge in [0.05, 0.1) is 44.1 Å². The first-order valence-electron chi connectivity index (χ1n) is 17.0. The van der Waals surface area contributed by atoms with E-state index >= 15 is 0 Å². The molecule has 0 aliphatic heterocycles. The summed E-state index contributed by atoms with van der Waals surface area (Å²) in [6, 6.07) is 14.0. The highest BCUT2D eigenvalue weighted by Gasteiger charge is 2.30. The van der Waals surface area contributed by atoms with Gasteiger partial charge in [-0.1, -0.05) is 24.6 Å². The van der Waals surface area contributed by atoms with Crippen LogP contribution in [0.25, 0.3) is 22.2 Å². The number of aromatic amines is 1.